The molecule has 0 bridgehead atoms. The van der Waals surface area contributed by atoms with Gasteiger partial charge in [-0.1, -0.05) is 13.3 Å². The molecular formula is C18H22F3N5O4. The molecule has 2 heterocycles. The third kappa shape index (κ3) is 4.48. The van der Waals surface area contributed by atoms with Crippen molar-refractivity contribution in [3.63, 3.8) is 0 Å². The number of nitrogens with zero attached hydrogens (tertiary/aromatic N) is 4. The minimum Gasteiger partial charge on any atom is -0.363 e. The smallest absolute Gasteiger partial charge is 0.363 e. The van der Waals surface area contributed by atoms with Crippen LogP contribution in [0.25, 0.3) is 0 Å². The normalized spacial score (nSPS) is 20.6. The van der Waals surface area contributed by atoms with Crippen molar-refractivity contribution in [2.75, 3.05) is 37.7 Å². The monoisotopic (exact) mass is 429 g/mol. The molecule has 2 aliphatic heterocycles. The number of amides is 3. The van der Waals surface area contributed by atoms with Gasteiger partial charge in [0.25, 0.3) is 11.6 Å². The van der Waals surface area contributed by atoms with Crippen molar-refractivity contribution in [2.24, 2.45) is 0 Å². The molecule has 2 saturated heterocycles. The maximum absolute atomic E-state index is 12.9. The molecular weight excluding hydrogens is 407 g/mol. The van der Waals surface area contributed by atoms with Gasteiger partial charge in [-0.15, -0.1) is 0 Å². The maximum atomic E-state index is 12.9. The zero-order valence-corrected chi connectivity index (χ0v) is 16.3. The molecule has 1 aromatic carbocycles. The minimum atomic E-state index is -4.67. The van der Waals surface area contributed by atoms with Crippen LogP contribution in [0.15, 0.2) is 18.2 Å². The maximum Gasteiger partial charge on any atom is 0.416 e. The van der Waals surface area contributed by atoms with Gasteiger partial charge in [-0.25, -0.2) is 9.69 Å². The molecule has 0 radical (unpaired) electrons. The highest BCUT2D eigenvalue weighted by Gasteiger charge is 2.39. The number of anilines is 1. The van der Waals surface area contributed by atoms with Crippen molar-refractivity contribution in [1.82, 2.24) is 15.1 Å². The summed E-state index contributed by atoms with van der Waals surface area (Å²) in [5.74, 6) is -0.275. The van der Waals surface area contributed by atoms with Crippen LogP contribution < -0.4 is 10.2 Å². The van der Waals surface area contributed by atoms with E-state index >= 15 is 0 Å². The second kappa shape index (κ2) is 8.46. The molecule has 2 fully saturated rings. The molecule has 1 N–H and O–H groups in total. The van der Waals surface area contributed by atoms with E-state index in [4.69, 9.17) is 0 Å². The highest BCUT2D eigenvalue weighted by Crippen LogP contribution is 2.36. The first-order valence-corrected chi connectivity index (χ1v) is 9.56. The molecule has 164 valence electrons. The second-order valence-electron chi connectivity index (χ2n) is 7.26. The molecule has 9 nitrogen and oxygen atoms in total. The molecule has 0 aliphatic carbocycles. The number of piperazine rings is 1. The van der Waals surface area contributed by atoms with Gasteiger partial charge >= 0.3 is 12.2 Å². The molecule has 12 heteroatoms. The van der Waals surface area contributed by atoms with E-state index < -0.39 is 34.4 Å². The molecule has 0 aromatic heterocycles. The van der Waals surface area contributed by atoms with Crippen molar-refractivity contribution in [2.45, 2.75) is 32.0 Å². The van der Waals surface area contributed by atoms with Crippen molar-refractivity contribution in [3.05, 3.63) is 33.9 Å². The zero-order chi connectivity index (χ0) is 22.1. The standard InChI is InChI=1S/C18H22F3N5O4/c1-2-3-13-16(27)25(17(28)22-13)11-23-6-8-24(9-7-23)14-5-4-12(18(19,20)21)10-15(14)26(29)30/h4-5,10,13H,2-3,6-9,11H2,1H3,(H,22,28)/t13-/m1/s1. The molecule has 3 amide bonds. The quantitative estimate of drug-likeness (QED) is 0.424. The summed E-state index contributed by atoms with van der Waals surface area (Å²) in [6.07, 6.45) is -3.35. The molecule has 2 aliphatic rings. The van der Waals surface area contributed by atoms with Gasteiger partial charge in [0, 0.05) is 32.2 Å². The second-order valence-corrected chi connectivity index (χ2v) is 7.26. The van der Waals surface area contributed by atoms with Gasteiger partial charge in [0.1, 0.15) is 11.7 Å². The van der Waals surface area contributed by atoms with Crippen LogP contribution >= 0.6 is 0 Å². The number of nitro groups is 1. The first-order chi connectivity index (χ1) is 14.1. The fourth-order valence-electron chi connectivity index (χ4n) is 3.64. The van der Waals surface area contributed by atoms with Crippen LogP contribution in [0, 0.1) is 10.1 Å². The molecule has 1 aromatic rings. The van der Waals surface area contributed by atoms with Gasteiger partial charge in [-0.3, -0.25) is 19.8 Å². The van der Waals surface area contributed by atoms with Crippen molar-refractivity contribution >= 4 is 23.3 Å². The van der Waals surface area contributed by atoms with Crippen molar-refractivity contribution in [3.8, 4) is 0 Å². The molecule has 1 atom stereocenters. The van der Waals surface area contributed by atoms with Crippen LogP contribution in [0.5, 0.6) is 0 Å². The van der Waals surface area contributed by atoms with Gasteiger partial charge in [0.15, 0.2) is 0 Å². The van der Waals surface area contributed by atoms with Crippen LogP contribution in [0.1, 0.15) is 25.3 Å². The Hall–Kier alpha value is -2.89. The summed E-state index contributed by atoms with van der Waals surface area (Å²) >= 11 is 0. The van der Waals surface area contributed by atoms with Crippen LogP contribution in [-0.2, 0) is 11.0 Å². The lowest BCUT2D eigenvalue weighted by Crippen LogP contribution is -2.51. The van der Waals surface area contributed by atoms with Crippen LogP contribution in [-0.4, -0.2) is 65.6 Å². The Balaban J connectivity index is 1.65. The number of imide groups is 1. The summed E-state index contributed by atoms with van der Waals surface area (Å²) in [7, 11) is 0. The summed E-state index contributed by atoms with van der Waals surface area (Å²) in [6.45, 7) is 3.44. The van der Waals surface area contributed by atoms with E-state index in [1.807, 2.05) is 11.8 Å². The lowest BCUT2D eigenvalue weighted by Gasteiger charge is -2.36. The fraction of sp³-hybridized carbons (Fsp3) is 0.556. The highest BCUT2D eigenvalue weighted by molar-refractivity contribution is 6.04. The Morgan fingerprint density at radius 2 is 1.87 bits per heavy atom. The SMILES string of the molecule is CCC[C@H]1NC(=O)N(CN2CCN(c3ccc(C(F)(F)F)cc3[N+](=O)[O-])CC2)C1=O. The van der Waals surface area contributed by atoms with Crippen LogP contribution in [0.3, 0.4) is 0 Å². The third-order valence-electron chi connectivity index (χ3n) is 5.24. The van der Waals surface area contributed by atoms with E-state index in [1.54, 1.807) is 4.90 Å². The van der Waals surface area contributed by atoms with Crippen molar-refractivity contribution < 1.29 is 27.7 Å². The molecule has 0 unspecified atom stereocenters. The summed E-state index contributed by atoms with van der Waals surface area (Å²) in [5.41, 5.74) is -1.56. The van der Waals surface area contributed by atoms with Gasteiger partial charge in [0.2, 0.25) is 0 Å². The number of urea groups is 1. The summed E-state index contributed by atoms with van der Waals surface area (Å²) < 4.78 is 38.6. The van der Waals surface area contributed by atoms with Gasteiger partial charge < -0.3 is 10.2 Å². The number of carbonyl (C=O) groups excluding carboxylic acids is 2. The number of halogens is 3. The van der Waals surface area contributed by atoms with E-state index in [1.165, 1.54) is 0 Å². The third-order valence-corrected chi connectivity index (χ3v) is 5.24. The number of benzene rings is 1. The predicted octanol–water partition coefficient (Wildman–Crippen LogP) is 2.41. The highest BCUT2D eigenvalue weighted by atomic mass is 19.4. The number of rotatable bonds is 6. The Morgan fingerprint density at radius 1 is 1.20 bits per heavy atom. The number of carbonyl (C=O) groups is 2. The average molecular weight is 429 g/mol. The predicted molar refractivity (Wildman–Crippen MR) is 101 cm³/mol. The number of nitro benzene ring substituents is 1. The molecule has 0 spiro atoms. The van der Waals surface area contributed by atoms with E-state index in [2.05, 4.69) is 5.32 Å². The Kier molecular flexibility index (Phi) is 6.15. The van der Waals surface area contributed by atoms with Crippen molar-refractivity contribution in [1.29, 1.82) is 0 Å². The largest absolute Gasteiger partial charge is 0.416 e. The lowest BCUT2D eigenvalue weighted by atomic mass is 10.1. The molecule has 3 rings (SSSR count). The first-order valence-electron chi connectivity index (χ1n) is 9.56. The number of nitrogens with one attached hydrogen (secondary N) is 1. The van der Waals surface area contributed by atoms with E-state index in [0.29, 0.717) is 38.7 Å². The summed E-state index contributed by atoms with van der Waals surface area (Å²) in [6, 6.07) is 1.53. The van der Waals surface area contributed by atoms with E-state index in [-0.39, 0.29) is 18.3 Å². The number of hydrogen-bond donors (Lipinski definition) is 1. The number of hydrogen-bond acceptors (Lipinski definition) is 6. The summed E-state index contributed by atoms with van der Waals surface area (Å²) in [4.78, 5) is 39.5. The van der Waals surface area contributed by atoms with Gasteiger partial charge in [-0.2, -0.15) is 13.2 Å². The summed E-state index contributed by atoms with van der Waals surface area (Å²) in [5, 5.41) is 14.0. The fourth-order valence-corrected chi connectivity index (χ4v) is 3.64. The zero-order valence-electron chi connectivity index (χ0n) is 16.3. The van der Waals surface area contributed by atoms with Crippen LogP contribution in [0.4, 0.5) is 29.3 Å². The minimum absolute atomic E-state index is 0.105. The van der Waals surface area contributed by atoms with Gasteiger partial charge in [0.05, 0.1) is 17.2 Å². The van der Waals surface area contributed by atoms with E-state index in [0.717, 1.165) is 23.5 Å². The van der Waals surface area contributed by atoms with Crippen LogP contribution in [0.2, 0.25) is 0 Å². The lowest BCUT2D eigenvalue weighted by molar-refractivity contribution is -0.384. The van der Waals surface area contributed by atoms with E-state index in [9.17, 15) is 32.9 Å². The first kappa shape index (κ1) is 21.8. The van der Waals surface area contributed by atoms with Gasteiger partial charge in [-0.05, 0) is 18.6 Å². The average Bonchev–Trinajstić information content (AvgIpc) is 2.95. The Labute approximate surface area is 170 Å². The Morgan fingerprint density at radius 3 is 2.43 bits per heavy atom. The molecule has 0 saturated carbocycles. The number of alkyl halides is 3. The topological polar surface area (TPSA) is 99.0 Å². The molecule has 30 heavy (non-hydrogen) atoms. The Bertz CT molecular complexity index is 840.